The molecule has 1 aromatic carbocycles. The fourth-order valence-electron chi connectivity index (χ4n) is 2.48. The van der Waals surface area contributed by atoms with E-state index in [1.165, 1.54) is 11.2 Å². The topological polar surface area (TPSA) is 90.9 Å². The Labute approximate surface area is 180 Å². The first-order valence-corrected chi connectivity index (χ1v) is 9.44. The molecule has 0 bridgehead atoms. The number of guanidine groups is 1. The molecule has 0 radical (unpaired) electrons. The van der Waals surface area contributed by atoms with E-state index in [1.807, 2.05) is 18.3 Å². The normalized spacial score (nSPS) is 11.1. The van der Waals surface area contributed by atoms with Gasteiger partial charge in [0.25, 0.3) is 0 Å². The zero-order valence-electron chi connectivity index (χ0n) is 15.4. The highest BCUT2D eigenvalue weighted by Crippen LogP contribution is 2.16. The van der Waals surface area contributed by atoms with Crippen molar-refractivity contribution in [3.05, 3.63) is 52.2 Å². The van der Waals surface area contributed by atoms with E-state index in [9.17, 15) is 0 Å². The minimum atomic E-state index is 0. The van der Waals surface area contributed by atoms with Crippen LogP contribution in [0.1, 0.15) is 22.4 Å². The lowest BCUT2D eigenvalue weighted by Crippen LogP contribution is -2.38. The number of thiazole rings is 1. The summed E-state index contributed by atoms with van der Waals surface area (Å²) in [5.74, 6) is 1.57. The number of rotatable bonds is 7. The number of hydrogen-bond acceptors (Lipinski definition) is 5. The van der Waals surface area contributed by atoms with Gasteiger partial charge in [-0.2, -0.15) is 5.10 Å². The van der Waals surface area contributed by atoms with Gasteiger partial charge in [0.2, 0.25) is 0 Å². The molecule has 2 aromatic heterocycles. The number of aromatic nitrogens is 4. The van der Waals surface area contributed by atoms with Gasteiger partial charge < -0.3 is 10.6 Å². The third-order valence-electron chi connectivity index (χ3n) is 3.68. The van der Waals surface area contributed by atoms with E-state index in [0.717, 1.165) is 47.4 Å². The van der Waals surface area contributed by atoms with Crippen molar-refractivity contribution < 1.29 is 0 Å². The Morgan fingerprint density at radius 3 is 2.85 bits per heavy atom. The predicted molar refractivity (Wildman–Crippen MR) is 121 cm³/mol. The van der Waals surface area contributed by atoms with Crippen molar-refractivity contribution in [1.82, 2.24) is 30.8 Å². The SMILES string of the molecule is CCNC(=NCc1cccc(-c2ncn[nH]2)c1)NCCc1ncc(C)s1.I. The molecule has 0 saturated carbocycles. The maximum Gasteiger partial charge on any atom is 0.191 e. The number of aliphatic imine (C=N–C) groups is 1. The summed E-state index contributed by atoms with van der Waals surface area (Å²) in [5.41, 5.74) is 2.12. The van der Waals surface area contributed by atoms with Crippen LogP contribution in [-0.4, -0.2) is 39.2 Å². The van der Waals surface area contributed by atoms with E-state index in [0.29, 0.717) is 6.54 Å². The summed E-state index contributed by atoms with van der Waals surface area (Å²) in [6, 6.07) is 8.15. The first kappa shape index (κ1) is 21.3. The number of aryl methyl sites for hydroxylation is 1. The maximum absolute atomic E-state index is 4.67. The third kappa shape index (κ3) is 6.58. The average molecular weight is 497 g/mol. The monoisotopic (exact) mass is 497 g/mol. The van der Waals surface area contributed by atoms with Gasteiger partial charge in [0.1, 0.15) is 6.33 Å². The van der Waals surface area contributed by atoms with Crippen LogP contribution in [0, 0.1) is 6.92 Å². The molecule has 144 valence electrons. The first-order chi connectivity index (χ1) is 12.7. The number of nitrogens with one attached hydrogen (secondary N) is 3. The van der Waals surface area contributed by atoms with Gasteiger partial charge in [0.05, 0.1) is 11.6 Å². The molecule has 3 rings (SSSR count). The molecule has 27 heavy (non-hydrogen) atoms. The highest BCUT2D eigenvalue weighted by Gasteiger charge is 2.03. The van der Waals surface area contributed by atoms with Crippen LogP contribution in [0.25, 0.3) is 11.4 Å². The molecule has 0 unspecified atom stereocenters. The van der Waals surface area contributed by atoms with Gasteiger partial charge in [-0.1, -0.05) is 18.2 Å². The standard InChI is InChI=1S/C18H23N7S.HI/c1-3-19-18(20-8-7-16-21-10-13(2)26-16)22-11-14-5-4-6-15(9-14)17-23-12-24-25-17;/h4-6,9-10,12H,3,7-8,11H2,1-2H3,(H2,19,20,22)(H,23,24,25);1H. The Hall–Kier alpha value is -2.01. The van der Waals surface area contributed by atoms with Crippen molar-refractivity contribution in [2.24, 2.45) is 4.99 Å². The van der Waals surface area contributed by atoms with Crippen LogP contribution in [0.2, 0.25) is 0 Å². The van der Waals surface area contributed by atoms with Gasteiger partial charge in [0.15, 0.2) is 11.8 Å². The Bertz CT molecular complexity index is 845. The largest absolute Gasteiger partial charge is 0.357 e. The molecular weight excluding hydrogens is 473 g/mol. The van der Waals surface area contributed by atoms with E-state index < -0.39 is 0 Å². The van der Waals surface area contributed by atoms with Crippen LogP contribution >= 0.6 is 35.3 Å². The predicted octanol–water partition coefficient (Wildman–Crippen LogP) is 3.15. The second-order valence-corrected chi connectivity index (χ2v) is 7.09. The fraction of sp³-hybridized carbons (Fsp3) is 0.333. The van der Waals surface area contributed by atoms with Crippen molar-refractivity contribution in [1.29, 1.82) is 0 Å². The lowest BCUT2D eigenvalue weighted by Gasteiger charge is -2.10. The Morgan fingerprint density at radius 1 is 1.26 bits per heavy atom. The molecule has 0 amide bonds. The number of benzene rings is 1. The van der Waals surface area contributed by atoms with Crippen LogP contribution in [0.3, 0.4) is 0 Å². The molecule has 0 aliphatic heterocycles. The summed E-state index contributed by atoms with van der Waals surface area (Å²) in [6.45, 7) is 6.35. The molecule has 3 aromatic rings. The minimum Gasteiger partial charge on any atom is -0.357 e. The number of H-pyrrole nitrogens is 1. The molecular formula is C18H24IN7S. The maximum atomic E-state index is 4.67. The van der Waals surface area contributed by atoms with Gasteiger partial charge in [-0.15, -0.1) is 35.3 Å². The Kier molecular flexibility index (Phi) is 8.65. The van der Waals surface area contributed by atoms with Crippen LogP contribution in [0.4, 0.5) is 0 Å². The zero-order valence-corrected chi connectivity index (χ0v) is 18.5. The summed E-state index contributed by atoms with van der Waals surface area (Å²) in [7, 11) is 0. The Balaban J connectivity index is 0.00000261. The van der Waals surface area contributed by atoms with Crippen LogP contribution in [-0.2, 0) is 13.0 Å². The van der Waals surface area contributed by atoms with Crippen molar-refractivity contribution in [2.75, 3.05) is 13.1 Å². The minimum absolute atomic E-state index is 0. The van der Waals surface area contributed by atoms with E-state index in [2.05, 4.69) is 61.8 Å². The zero-order chi connectivity index (χ0) is 18.2. The van der Waals surface area contributed by atoms with Crippen molar-refractivity contribution in [3.8, 4) is 11.4 Å². The molecule has 7 nitrogen and oxygen atoms in total. The molecule has 3 N–H and O–H groups in total. The lowest BCUT2D eigenvalue weighted by molar-refractivity contribution is 0.796. The highest BCUT2D eigenvalue weighted by atomic mass is 127. The average Bonchev–Trinajstić information content (AvgIpc) is 3.32. The van der Waals surface area contributed by atoms with E-state index >= 15 is 0 Å². The molecule has 0 aliphatic carbocycles. The van der Waals surface area contributed by atoms with Crippen LogP contribution in [0.5, 0.6) is 0 Å². The number of halogens is 1. The quantitative estimate of drug-likeness (QED) is 0.265. The Morgan fingerprint density at radius 2 is 2.15 bits per heavy atom. The molecule has 9 heteroatoms. The smallest absolute Gasteiger partial charge is 0.191 e. The molecule has 0 spiro atoms. The summed E-state index contributed by atoms with van der Waals surface area (Å²) in [4.78, 5) is 14.5. The number of nitrogens with zero attached hydrogens (tertiary/aromatic N) is 4. The summed E-state index contributed by atoms with van der Waals surface area (Å²) < 4.78 is 0. The first-order valence-electron chi connectivity index (χ1n) is 8.62. The second-order valence-electron chi connectivity index (χ2n) is 5.77. The fourth-order valence-corrected chi connectivity index (χ4v) is 3.27. The summed E-state index contributed by atoms with van der Waals surface area (Å²) >= 11 is 1.74. The number of hydrogen-bond donors (Lipinski definition) is 3. The molecule has 0 saturated heterocycles. The van der Waals surface area contributed by atoms with Gasteiger partial charge in [0, 0.05) is 36.1 Å². The summed E-state index contributed by atoms with van der Waals surface area (Å²) in [5, 5.41) is 14.6. The lowest BCUT2D eigenvalue weighted by atomic mass is 10.1. The second kappa shape index (κ2) is 11.0. The van der Waals surface area contributed by atoms with Crippen molar-refractivity contribution in [2.45, 2.75) is 26.8 Å². The van der Waals surface area contributed by atoms with E-state index in [-0.39, 0.29) is 24.0 Å². The van der Waals surface area contributed by atoms with Gasteiger partial charge >= 0.3 is 0 Å². The molecule has 2 heterocycles. The third-order valence-corrected chi connectivity index (χ3v) is 4.65. The van der Waals surface area contributed by atoms with Crippen LogP contribution < -0.4 is 10.6 Å². The van der Waals surface area contributed by atoms with E-state index in [4.69, 9.17) is 0 Å². The van der Waals surface area contributed by atoms with Crippen molar-refractivity contribution >= 4 is 41.3 Å². The number of aromatic amines is 1. The molecule has 0 atom stereocenters. The molecule has 0 fully saturated rings. The van der Waals surface area contributed by atoms with Crippen LogP contribution in [0.15, 0.2) is 41.8 Å². The highest BCUT2D eigenvalue weighted by molar-refractivity contribution is 14.0. The van der Waals surface area contributed by atoms with Gasteiger partial charge in [-0.3, -0.25) is 5.10 Å². The van der Waals surface area contributed by atoms with Gasteiger partial charge in [-0.25, -0.2) is 15.0 Å². The summed E-state index contributed by atoms with van der Waals surface area (Å²) in [6.07, 6.45) is 4.32. The molecule has 0 aliphatic rings. The van der Waals surface area contributed by atoms with Crippen molar-refractivity contribution in [3.63, 3.8) is 0 Å². The van der Waals surface area contributed by atoms with Gasteiger partial charge in [-0.05, 0) is 25.5 Å². The van der Waals surface area contributed by atoms with E-state index in [1.54, 1.807) is 11.3 Å².